The second kappa shape index (κ2) is 8.02. The second-order valence-electron chi connectivity index (χ2n) is 7.31. The van der Waals surface area contributed by atoms with Crippen molar-refractivity contribution in [2.24, 2.45) is 7.05 Å². The highest BCUT2D eigenvalue weighted by Crippen LogP contribution is 2.23. The Morgan fingerprint density at radius 3 is 2.71 bits per heavy atom. The van der Waals surface area contributed by atoms with Gasteiger partial charge in [0, 0.05) is 39.1 Å². The summed E-state index contributed by atoms with van der Waals surface area (Å²) in [6.45, 7) is 0. The third kappa shape index (κ3) is 3.89. The zero-order valence-electron chi connectivity index (χ0n) is 17.7. The Bertz CT molecular complexity index is 1290. The minimum absolute atomic E-state index is 0.0328. The molecule has 9 nitrogen and oxygen atoms in total. The van der Waals surface area contributed by atoms with E-state index in [0.717, 1.165) is 17.0 Å². The van der Waals surface area contributed by atoms with Crippen molar-refractivity contribution in [1.29, 1.82) is 0 Å². The lowest BCUT2D eigenvalue weighted by molar-refractivity contribution is 0.0819. The first-order chi connectivity index (χ1) is 14.9. The van der Waals surface area contributed by atoms with Gasteiger partial charge >= 0.3 is 0 Å². The Labute approximate surface area is 178 Å². The molecule has 1 amide bonds. The molecule has 0 saturated carbocycles. The van der Waals surface area contributed by atoms with E-state index in [4.69, 9.17) is 4.74 Å². The lowest BCUT2D eigenvalue weighted by atomic mass is 10.1. The number of benzene rings is 1. The summed E-state index contributed by atoms with van der Waals surface area (Å²) >= 11 is 0. The molecular weight excluding hydrogens is 396 g/mol. The van der Waals surface area contributed by atoms with Crippen molar-refractivity contribution < 1.29 is 14.3 Å². The summed E-state index contributed by atoms with van der Waals surface area (Å²) in [6, 6.07) is 9.38. The largest absolute Gasteiger partial charge is 0.497 e. The summed E-state index contributed by atoms with van der Waals surface area (Å²) in [6.07, 6.45) is 5.14. The van der Waals surface area contributed by atoms with E-state index < -0.39 is 0 Å². The molecule has 0 radical (unpaired) electrons. The highest BCUT2D eigenvalue weighted by atomic mass is 16.5. The van der Waals surface area contributed by atoms with Crippen LogP contribution in [0.5, 0.6) is 5.75 Å². The first-order valence-corrected chi connectivity index (χ1v) is 9.63. The predicted molar refractivity (Wildman–Crippen MR) is 114 cm³/mol. The number of ketones is 1. The van der Waals surface area contributed by atoms with E-state index in [0.29, 0.717) is 11.5 Å². The molecule has 4 rings (SSSR count). The van der Waals surface area contributed by atoms with Crippen molar-refractivity contribution >= 4 is 17.5 Å². The van der Waals surface area contributed by atoms with E-state index in [-0.39, 0.29) is 29.4 Å². The number of hydrogen-bond acceptors (Lipinski definition) is 6. The SMILES string of the molecule is COc1cccc(-c2cn3ccc(CC(=O)c4c(C(=O)N(C)C)cnn4C)nc3n2)c1. The molecule has 158 valence electrons. The van der Waals surface area contributed by atoms with Gasteiger partial charge in [0.25, 0.3) is 5.91 Å². The number of amides is 1. The van der Waals surface area contributed by atoms with Crippen LogP contribution in [-0.4, -0.2) is 61.9 Å². The molecule has 3 aromatic heterocycles. The highest BCUT2D eigenvalue weighted by molar-refractivity contribution is 6.07. The molecule has 0 saturated heterocycles. The molecular formula is C22H22N6O3. The Morgan fingerprint density at radius 1 is 1.16 bits per heavy atom. The molecule has 9 heteroatoms. The van der Waals surface area contributed by atoms with Crippen LogP contribution in [0, 0.1) is 0 Å². The molecule has 4 aromatic rings. The molecule has 0 aliphatic heterocycles. The van der Waals surface area contributed by atoms with E-state index in [1.165, 1.54) is 15.8 Å². The maximum Gasteiger partial charge on any atom is 0.257 e. The van der Waals surface area contributed by atoms with Gasteiger partial charge in [0.05, 0.1) is 36.7 Å². The van der Waals surface area contributed by atoms with E-state index in [1.54, 1.807) is 38.7 Å². The monoisotopic (exact) mass is 418 g/mol. The van der Waals surface area contributed by atoms with Crippen LogP contribution in [0.1, 0.15) is 26.5 Å². The molecule has 0 fully saturated rings. The number of hydrogen-bond donors (Lipinski definition) is 0. The van der Waals surface area contributed by atoms with Crippen molar-refractivity contribution in [2.45, 2.75) is 6.42 Å². The van der Waals surface area contributed by atoms with Gasteiger partial charge in [0.2, 0.25) is 5.78 Å². The fraction of sp³-hybridized carbons (Fsp3) is 0.227. The summed E-state index contributed by atoms with van der Waals surface area (Å²) in [5.41, 5.74) is 2.76. The molecule has 3 heterocycles. The van der Waals surface area contributed by atoms with E-state index in [1.807, 2.05) is 36.7 Å². The first-order valence-electron chi connectivity index (χ1n) is 9.63. The molecule has 0 unspecified atom stereocenters. The standard InChI is InChI=1S/C22H22N6O3/c1-26(2)21(30)17-12-23-27(3)20(17)19(29)11-15-8-9-28-13-18(25-22(28)24-15)14-6-5-7-16(10-14)31-4/h5-10,12-13H,11H2,1-4H3. The van der Waals surface area contributed by atoms with Crippen molar-refractivity contribution in [3.63, 3.8) is 0 Å². The number of nitrogens with zero attached hydrogens (tertiary/aromatic N) is 6. The van der Waals surface area contributed by atoms with Crippen molar-refractivity contribution in [3.05, 3.63) is 65.9 Å². The van der Waals surface area contributed by atoms with Crippen LogP contribution < -0.4 is 4.74 Å². The molecule has 0 bridgehead atoms. The summed E-state index contributed by atoms with van der Waals surface area (Å²) < 4.78 is 8.50. The van der Waals surface area contributed by atoms with Crippen LogP contribution in [0.3, 0.4) is 0 Å². The van der Waals surface area contributed by atoms with Gasteiger partial charge in [-0.05, 0) is 18.2 Å². The number of Topliss-reactive ketones (excluding diaryl/α,β-unsaturated/α-hetero) is 1. The van der Waals surface area contributed by atoms with Crippen molar-refractivity contribution in [1.82, 2.24) is 29.0 Å². The average molecular weight is 418 g/mol. The third-order valence-electron chi connectivity index (χ3n) is 4.93. The number of methoxy groups -OCH3 is 1. The molecule has 1 aromatic carbocycles. The van der Waals surface area contributed by atoms with Crippen LogP contribution in [0.15, 0.2) is 48.9 Å². The van der Waals surface area contributed by atoms with Crippen molar-refractivity contribution in [2.75, 3.05) is 21.2 Å². The van der Waals surface area contributed by atoms with Gasteiger partial charge in [-0.15, -0.1) is 0 Å². The number of carbonyl (C=O) groups is 2. The maximum absolute atomic E-state index is 13.0. The van der Waals surface area contributed by atoms with E-state index >= 15 is 0 Å². The lowest BCUT2D eigenvalue weighted by Crippen LogP contribution is -2.24. The lowest BCUT2D eigenvalue weighted by Gasteiger charge is -2.10. The Morgan fingerprint density at radius 2 is 1.97 bits per heavy atom. The fourth-order valence-corrected chi connectivity index (χ4v) is 3.34. The summed E-state index contributed by atoms with van der Waals surface area (Å²) in [4.78, 5) is 35.9. The second-order valence-corrected chi connectivity index (χ2v) is 7.31. The first kappa shape index (κ1) is 20.3. The molecule has 0 aliphatic carbocycles. The number of carbonyl (C=O) groups excluding carboxylic acids is 2. The van der Waals surface area contributed by atoms with Crippen LogP contribution in [0.2, 0.25) is 0 Å². The molecule has 0 atom stereocenters. The Hall–Kier alpha value is -4.01. The van der Waals surface area contributed by atoms with Gasteiger partial charge < -0.3 is 9.64 Å². The average Bonchev–Trinajstić information content (AvgIpc) is 3.36. The summed E-state index contributed by atoms with van der Waals surface area (Å²) in [5.74, 6) is 0.725. The number of rotatable bonds is 6. The number of ether oxygens (including phenoxy) is 1. The number of imidazole rings is 1. The maximum atomic E-state index is 13.0. The van der Waals surface area contributed by atoms with Crippen LogP contribution >= 0.6 is 0 Å². The van der Waals surface area contributed by atoms with Gasteiger partial charge in [-0.2, -0.15) is 5.10 Å². The quantitative estimate of drug-likeness (QED) is 0.446. The zero-order chi connectivity index (χ0) is 22.1. The minimum atomic E-state index is -0.268. The normalized spacial score (nSPS) is 11.0. The Balaban J connectivity index is 1.62. The summed E-state index contributed by atoms with van der Waals surface area (Å²) in [5, 5.41) is 4.08. The number of fused-ring (bicyclic) bond motifs is 1. The van der Waals surface area contributed by atoms with Gasteiger partial charge in [0.1, 0.15) is 11.4 Å². The van der Waals surface area contributed by atoms with Gasteiger partial charge in [-0.25, -0.2) is 9.97 Å². The van der Waals surface area contributed by atoms with Crippen LogP contribution in [0.4, 0.5) is 0 Å². The molecule has 0 N–H and O–H groups in total. The Kier molecular flexibility index (Phi) is 5.24. The topological polar surface area (TPSA) is 94.6 Å². The van der Waals surface area contributed by atoms with E-state index in [2.05, 4.69) is 15.1 Å². The molecule has 31 heavy (non-hydrogen) atoms. The smallest absolute Gasteiger partial charge is 0.257 e. The zero-order valence-corrected chi connectivity index (χ0v) is 17.7. The molecule has 0 spiro atoms. The van der Waals surface area contributed by atoms with Gasteiger partial charge in [-0.3, -0.25) is 18.7 Å². The van der Waals surface area contributed by atoms with Crippen LogP contribution in [-0.2, 0) is 13.5 Å². The van der Waals surface area contributed by atoms with Gasteiger partial charge in [-0.1, -0.05) is 12.1 Å². The number of aryl methyl sites for hydroxylation is 1. The summed E-state index contributed by atoms with van der Waals surface area (Å²) in [7, 11) is 6.53. The fourth-order valence-electron chi connectivity index (χ4n) is 3.34. The minimum Gasteiger partial charge on any atom is -0.497 e. The van der Waals surface area contributed by atoms with Gasteiger partial charge in [0.15, 0.2) is 5.78 Å². The van der Waals surface area contributed by atoms with Crippen LogP contribution in [0.25, 0.3) is 17.0 Å². The van der Waals surface area contributed by atoms with E-state index in [9.17, 15) is 9.59 Å². The highest BCUT2D eigenvalue weighted by Gasteiger charge is 2.23. The third-order valence-corrected chi connectivity index (χ3v) is 4.93. The molecule has 0 aliphatic rings. The predicted octanol–water partition coefficient (Wildman–Crippen LogP) is 2.27. The number of aromatic nitrogens is 5. The van der Waals surface area contributed by atoms with Crippen molar-refractivity contribution in [3.8, 4) is 17.0 Å².